The number of nitrogens with one attached hydrogen (secondary N) is 2. The predicted octanol–water partition coefficient (Wildman–Crippen LogP) is 2.32. The van der Waals surface area contributed by atoms with Gasteiger partial charge in [-0.2, -0.15) is 0 Å². The van der Waals surface area contributed by atoms with Crippen molar-refractivity contribution in [1.29, 1.82) is 0 Å². The van der Waals surface area contributed by atoms with Crippen LogP contribution in [0.1, 0.15) is 29.3 Å². The smallest absolute Gasteiger partial charge is 0.246 e. The van der Waals surface area contributed by atoms with E-state index in [1.54, 1.807) is 18.4 Å². The van der Waals surface area contributed by atoms with Crippen LogP contribution in [-0.2, 0) is 16.1 Å². The Balaban J connectivity index is 1.65. The standard InChI is InChI=1S/C19H23N3O2S/c1-20-19(24)18(14-6-3-2-4-7-14)21-17(23)13-22(15-9-10-15)12-16-8-5-11-25-16/h2-8,11,15,18H,9-10,12-13H2,1H3,(H,20,24)(H,21,23). The van der Waals surface area contributed by atoms with Gasteiger partial charge in [0.1, 0.15) is 6.04 Å². The fraction of sp³-hybridized carbons (Fsp3) is 0.368. The zero-order valence-electron chi connectivity index (χ0n) is 14.3. The highest BCUT2D eigenvalue weighted by atomic mass is 32.1. The number of hydrogen-bond donors (Lipinski definition) is 2. The summed E-state index contributed by atoms with van der Waals surface area (Å²) in [6, 6.07) is 13.3. The van der Waals surface area contributed by atoms with Gasteiger partial charge >= 0.3 is 0 Å². The molecule has 1 unspecified atom stereocenters. The molecule has 6 heteroatoms. The fourth-order valence-electron chi connectivity index (χ4n) is 2.84. The minimum Gasteiger partial charge on any atom is -0.357 e. The minimum atomic E-state index is -0.665. The van der Waals surface area contributed by atoms with Gasteiger partial charge in [0.05, 0.1) is 6.54 Å². The lowest BCUT2D eigenvalue weighted by Gasteiger charge is -2.23. The van der Waals surface area contributed by atoms with Crippen molar-refractivity contribution in [3.05, 3.63) is 58.3 Å². The van der Waals surface area contributed by atoms with Crippen LogP contribution in [0.4, 0.5) is 0 Å². The van der Waals surface area contributed by atoms with E-state index in [9.17, 15) is 9.59 Å². The van der Waals surface area contributed by atoms with Gasteiger partial charge in [0.2, 0.25) is 11.8 Å². The fourth-order valence-corrected chi connectivity index (χ4v) is 3.57. The number of benzene rings is 1. The quantitative estimate of drug-likeness (QED) is 0.762. The number of nitrogens with zero attached hydrogens (tertiary/aromatic N) is 1. The van der Waals surface area contributed by atoms with Crippen molar-refractivity contribution in [3.63, 3.8) is 0 Å². The van der Waals surface area contributed by atoms with Crippen LogP contribution in [0.2, 0.25) is 0 Å². The summed E-state index contributed by atoms with van der Waals surface area (Å²) in [5, 5.41) is 7.57. The third-order valence-electron chi connectivity index (χ3n) is 4.30. The number of rotatable bonds is 8. The highest BCUT2D eigenvalue weighted by Gasteiger charge is 2.31. The Morgan fingerprint density at radius 3 is 2.56 bits per heavy atom. The van der Waals surface area contributed by atoms with E-state index in [-0.39, 0.29) is 11.8 Å². The highest BCUT2D eigenvalue weighted by molar-refractivity contribution is 7.09. The topological polar surface area (TPSA) is 61.4 Å². The Morgan fingerprint density at radius 1 is 1.20 bits per heavy atom. The second-order valence-electron chi connectivity index (χ2n) is 6.24. The van der Waals surface area contributed by atoms with E-state index in [1.807, 2.05) is 36.4 Å². The van der Waals surface area contributed by atoms with E-state index in [2.05, 4.69) is 27.0 Å². The second-order valence-corrected chi connectivity index (χ2v) is 7.27. The average molecular weight is 357 g/mol. The number of carbonyl (C=O) groups excluding carboxylic acids is 2. The number of thiophene rings is 1. The molecule has 1 atom stereocenters. The monoisotopic (exact) mass is 357 g/mol. The zero-order chi connectivity index (χ0) is 17.6. The van der Waals surface area contributed by atoms with Crippen LogP contribution >= 0.6 is 11.3 Å². The Labute approximate surface area is 152 Å². The van der Waals surface area contributed by atoms with Gasteiger partial charge in [0, 0.05) is 24.5 Å². The summed E-state index contributed by atoms with van der Waals surface area (Å²) in [7, 11) is 1.58. The first-order valence-electron chi connectivity index (χ1n) is 8.49. The molecule has 0 aliphatic heterocycles. The van der Waals surface area contributed by atoms with Crippen LogP contribution in [0, 0.1) is 0 Å². The van der Waals surface area contributed by atoms with Crippen molar-refractivity contribution in [2.45, 2.75) is 31.5 Å². The zero-order valence-corrected chi connectivity index (χ0v) is 15.1. The van der Waals surface area contributed by atoms with Gasteiger partial charge in [-0.05, 0) is 29.9 Å². The van der Waals surface area contributed by atoms with Crippen LogP contribution in [0.5, 0.6) is 0 Å². The molecule has 1 heterocycles. The van der Waals surface area contributed by atoms with Crippen LogP contribution in [0.3, 0.4) is 0 Å². The van der Waals surface area contributed by atoms with Crippen molar-refractivity contribution < 1.29 is 9.59 Å². The third-order valence-corrected chi connectivity index (χ3v) is 5.16. The van der Waals surface area contributed by atoms with Crippen LogP contribution < -0.4 is 10.6 Å². The molecule has 2 amide bonds. The predicted molar refractivity (Wildman–Crippen MR) is 99.1 cm³/mol. The molecule has 2 N–H and O–H groups in total. The molecule has 1 fully saturated rings. The molecular weight excluding hydrogens is 334 g/mol. The van der Waals surface area contributed by atoms with Crippen LogP contribution in [-0.4, -0.2) is 36.3 Å². The summed E-state index contributed by atoms with van der Waals surface area (Å²) in [6.45, 7) is 1.09. The molecular formula is C19H23N3O2S. The van der Waals surface area contributed by atoms with Crippen molar-refractivity contribution in [2.75, 3.05) is 13.6 Å². The molecule has 1 aliphatic rings. The maximum atomic E-state index is 12.6. The lowest BCUT2D eigenvalue weighted by atomic mass is 10.1. The maximum absolute atomic E-state index is 12.6. The van der Waals surface area contributed by atoms with Crippen molar-refractivity contribution in [1.82, 2.24) is 15.5 Å². The van der Waals surface area contributed by atoms with E-state index < -0.39 is 6.04 Å². The van der Waals surface area contributed by atoms with Gasteiger partial charge in [-0.25, -0.2) is 0 Å². The molecule has 0 bridgehead atoms. The lowest BCUT2D eigenvalue weighted by molar-refractivity contribution is -0.129. The highest BCUT2D eigenvalue weighted by Crippen LogP contribution is 2.29. The number of carbonyl (C=O) groups is 2. The molecule has 5 nitrogen and oxygen atoms in total. The van der Waals surface area contributed by atoms with Gasteiger partial charge in [0.25, 0.3) is 0 Å². The van der Waals surface area contributed by atoms with Gasteiger partial charge in [-0.1, -0.05) is 36.4 Å². The first-order valence-corrected chi connectivity index (χ1v) is 9.37. The Kier molecular flexibility index (Phi) is 5.83. The first kappa shape index (κ1) is 17.6. The van der Waals surface area contributed by atoms with Crippen molar-refractivity contribution >= 4 is 23.2 Å². The van der Waals surface area contributed by atoms with Gasteiger partial charge in [-0.15, -0.1) is 11.3 Å². The summed E-state index contributed by atoms with van der Waals surface area (Å²) >= 11 is 1.71. The summed E-state index contributed by atoms with van der Waals surface area (Å²) in [5.41, 5.74) is 0.784. The van der Waals surface area contributed by atoms with Crippen molar-refractivity contribution in [2.24, 2.45) is 0 Å². The Hall–Kier alpha value is -2.18. The normalized spacial score (nSPS) is 15.0. The lowest BCUT2D eigenvalue weighted by Crippen LogP contribution is -2.44. The van der Waals surface area contributed by atoms with E-state index in [4.69, 9.17) is 0 Å². The summed E-state index contributed by atoms with van der Waals surface area (Å²) in [6.07, 6.45) is 2.27. The van der Waals surface area contributed by atoms with Crippen LogP contribution in [0.25, 0.3) is 0 Å². The van der Waals surface area contributed by atoms with E-state index in [1.165, 1.54) is 4.88 Å². The number of likely N-dealkylation sites (N-methyl/N-ethyl adjacent to an activating group) is 1. The molecule has 0 spiro atoms. The summed E-state index contributed by atoms with van der Waals surface area (Å²) < 4.78 is 0. The Bertz CT molecular complexity index is 699. The minimum absolute atomic E-state index is 0.124. The molecule has 0 saturated heterocycles. The summed E-state index contributed by atoms with van der Waals surface area (Å²) in [4.78, 5) is 28.2. The van der Waals surface area contributed by atoms with E-state index >= 15 is 0 Å². The number of amides is 2. The molecule has 1 saturated carbocycles. The molecule has 3 rings (SSSR count). The average Bonchev–Trinajstić information content (AvgIpc) is 3.36. The van der Waals surface area contributed by atoms with Gasteiger partial charge < -0.3 is 10.6 Å². The summed E-state index contributed by atoms with van der Waals surface area (Å²) in [5.74, 6) is -0.336. The second kappa shape index (κ2) is 8.27. The maximum Gasteiger partial charge on any atom is 0.246 e. The first-order chi connectivity index (χ1) is 12.2. The molecule has 1 aromatic carbocycles. The molecule has 132 valence electrons. The van der Waals surface area contributed by atoms with Gasteiger partial charge in [-0.3, -0.25) is 14.5 Å². The third kappa shape index (κ3) is 4.90. The molecule has 1 aromatic heterocycles. The molecule has 25 heavy (non-hydrogen) atoms. The van der Waals surface area contributed by atoms with Crippen LogP contribution in [0.15, 0.2) is 47.8 Å². The molecule has 1 aliphatic carbocycles. The van der Waals surface area contributed by atoms with Gasteiger partial charge in [0.15, 0.2) is 0 Å². The van der Waals surface area contributed by atoms with Crippen molar-refractivity contribution in [3.8, 4) is 0 Å². The van der Waals surface area contributed by atoms with E-state index in [0.29, 0.717) is 12.6 Å². The SMILES string of the molecule is CNC(=O)C(NC(=O)CN(Cc1cccs1)C1CC1)c1ccccc1. The molecule has 0 radical (unpaired) electrons. The number of hydrogen-bond acceptors (Lipinski definition) is 4. The Morgan fingerprint density at radius 2 is 1.96 bits per heavy atom. The van der Waals surface area contributed by atoms with E-state index in [0.717, 1.165) is 24.9 Å². The molecule has 2 aromatic rings. The largest absolute Gasteiger partial charge is 0.357 e.